The highest BCUT2D eigenvalue weighted by molar-refractivity contribution is 5.88. The number of benzene rings is 6. The number of methoxy groups -OCH3 is 1. The molecule has 7 aromatic rings. The van der Waals surface area contributed by atoms with Crippen LogP contribution in [0.1, 0.15) is 22.3 Å². The Morgan fingerprint density at radius 1 is 0.472 bits per heavy atom. The lowest BCUT2D eigenvalue weighted by molar-refractivity contribution is -2.00. The minimum atomic E-state index is -4.94. The van der Waals surface area contributed by atoms with E-state index in [0.29, 0.717) is 0 Å². The number of pyridine rings is 1. The summed E-state index contributed by atoms with van der Waals surface area (Å²) in [6.45, 7) is 0. The molecule has 7 heteroatoms. The standard InChI is InChI=1S/C46H36NO.ClHO4/c1-48-39-25-23-38(24-26-39)47-45-40(27-21-33-17-19-36(29-42(33)45)31-11-5-2-6-12-31)44(35-15-9-4-10-16-35)41-28-22-34-18-20-37(30-43(34)46(41)47)32-13-7-3-8-14-32;2-1(3,4)5/h2-20,23-26,29-30H,21-22,27-28H2,1H3;(H,2,3,4,5)/q+1;/p-1. The smallest absolute Gasteiger partial charge is 0.223 e. The number of aryl methyl sites for hydroxylation is 2. The fraction of sp³-hybridized carbons (Fsp3) is 0.109. The van der Waals surface area contributed by atoms with Gasteiger partial charge in [-0.15, -0.1) is 10.2 Å². The molecule has 53 heavy (non-hydrogen) atoms. The van der Waals surface area contributed by atoms with E-state index in [0.717, 1.165) is 37.1 Å². The van der Waals surface area contributed by atoms with Crippen molar-refractivity contribution in [2.24, 2.45) is 0 Å². The summed E-state index contributed by atoms with van der Waals surface area (Å²) in [6.07, 6.45) is 4.04. The van der Waals surface area contributed by atoms with Gasteiger partial charge in [0.15, 0.2) is 0 Å². The molecular weight excluding hydrogens is 682 g/mol. The summed E-state index contributed by atoms with van der Waals surface area (Å²) in [5.74, 6) is 0.863. The van der Waals surface area contributed by atoms with Crippen molar-refractivity contribution >= 4 is 0 Å². The quantitative estimate of drug-likeness (QED) is 0.211. The van der Waals surface area contributed by atoms with Gasteiger partial charge in [-0.2, -0.15) is 4.57 Å². The van der Waals surface area contributed by atoms with E-state index in [-0.39, 0.29) is 0 Å². The van der Waals surface area contributed by atoms with Crippen molar-refractivity contribution in [1.82, 2.24) is 0 Å². The number of ether oxygens (including phenoxy) is 1. The number of aromatic nitrogens is 1. The maximum Gasteiger partial charge on any atom is 0.223 e. The maximum absolute atomic E-state index is 8.49. The molecule has 1 aromatic heterocycles. The molecule has 6 aromatic carbocycles. The monoisotopic (exact) mass is 717 g/mol. The molecule has 6 nitrogen and oxygen atoms in total. The molecule has 0 radical (unpaired) electrons. The third kappa shape index (κ3) is 6.99. The van der Waals surface area contributed by atoms with Gasteiger partial charge in [0, 0.05) is 28.8 Å². The fourth-order valence-electron chi connectivity index (χ4n) is 7.97. The van der Waals surface area contributed by atoms with Crippen LogP contribution in [0.15, 0.2) is 152 Å². The largest absolute Gasteiger partial charge is 0.497 e. The second kappa shape index (κ2) is 14.4. The van der Waals surface area contributed by atoms with Gasteiger partial charge in [0.25, 0.3) is 0 Å². The zero-order valence-corrected chi connectivity index (χ0v) is 29.9. The summed E-state index contributed by atoms with van der Waals surface area (Å²) in [5.41, 5.74) is 19.8. The Bertz CT molecular complexity index is 2280. The lowest BCUT2D eigenvalue weighted by Gasteiger charge is -2.29. The van der Waals surface area contributed by atoms with Crippen LogP contribution in [0.3, 0.4) is 0 Å². The number of hydrogen-bond acceptors (Lipinski definition) is 5. The van der Waals surface area contributed by atoms with Crippen LogP contribution in [0, 0.1) is 10.2 Å². The average molecular weight is 718 g/mol. The predicted octanol–water partition coefficient (Wildman–Crippen LogP) is 5.75. The second-order valence-electron chi connectivity index (χ2n) is 13.3. The van der Waals surface area contributed by atoms with Crippen LogP contribution in [0.2, 0.25) is 0 Å². The molecule has 262 valence electrons. The van der Waals surface area contributed by atoms with Crippen LogP contribution >= 0.6 is 0 Å². The topological polar surface area (TPSA) is 105 Å². The number of halogens is 1. The molecular formula is C46H36ClNO5. The van der Waals surface area contributed by atoms with Gasteiger partial charge in [-0.25, -0.2) is 18.6 Å². The van der Waals surface area contributed by atoms with Crippen molar-refractivity contribution in [3.8, 4) is 67.3 Å². The van der Waals surface area contributed by atoms with E-state index in [1.165, 1.54) is 78.1 Å². The Labute approximate surface area is 311 Å². The maximum atomic E-state index is 8.49. The van der Waals surface area contributed by atoms with E-state index in [2.05, 4.69) is 156 Å². The Hall–Kier alpha value is -5.60. The lowest BCUT2D eigenvalue weighted by atomic mass is 9.77. The molecule has 0 aliphatic heterocycles. The van der Waals surface area contributed by atoms with Crippen molar-refractivity contribution in [2.75, 3.05) is 7.11 Å². The van der Waals surface area contributed by atoms with Gasteiger partial charge in [0.05, 0.1) is 18.2 Å². The van der Waals surface area contributed by atoms with Crippen LogP contribution in [0.5, 0.6) is 5.75 Å². The summed E-state index contributed by atoms with van der Waals surface area (Å²) < 4.78 is 42.2. The minimum Gasteiger partial charge on any atom is -0.497 e. The van der Waals surface area contributed by atoms with Gasteiger partial charge in [-0.3, -0.25) is 0 Å². The molecule has 0 saturated carbocycles. The van der Waals surface area contributed by atoms with Crippen LogP contribution in [0.25, 0.3) is 61.6 Å². The van der Waals surface area contributed by atoms with Crippen molar-refractivity contribution in [1.29, 1.82) is 0 Å². The Kier molecular flexibility index (Phi) is 9.39. The third-order valence-electron chi connectivity index (χ3n) is 10.2. The molecule has 0 atom stereocenters. The molecule has 0 spiro atoms. The Morgan fingerprint density at radius 3 is 1.30 bits per heavy atom. The molecule has 0 amide bonds. The summed E-state index contributed by atoms with van der Waals surface area (Å²) in [5, 5.41) is 0. The van der Waals surface area contributed by atoms with Gasteiger partial charge in [0.2, 0.25) is 17.1 Å². The third-order valence-corrected chi connectivity index (χ3v) is 10.2. The number of fused-ring (bicyclic) bond motifs is 6. The summed E-state index contributed by atoms with van der Waals surface area (Å²) >= 11 is 0. The van der Waals surface area contributed by atoms with Gasteiger partial charge in [-0.1, -0.05) is 115 Å². The Morgan fingerprint density at radius 2 is 0.887 bits per heavy atom. The first-order chi connectivity index (χ1) is 25.8. The van der Waals surface area contributed by atoms with E-state index in [1.807, 2.05) is 0 Å². The van der Waals surface area contributed by atoms with Gasteiger partial charge in [-0.05, 0) is 88.9 Å². The van der Waals surface area contributed by atoms with Gasteiger partial charge in [0.1, 0.15) is 5.75 Å². The summed E-state index contributed by atoms with van der Waals surface area (Å²) in [6, 6.07) is 55.5. The number of rotatable bonds is 5. The molecule has 0 bridgehead atoms. The van der Waals surface area contributed by atoms with Crippen LogP contribution in [0.4, 0.5) is 0 Å². The van der Waals surface area contributed by atoms with Crippen molar-refractivity contribution < 1.29 is 38.2 Å². The van der Waals surface area contributed by atoms with Crippen molar-refractivity contribution in [3.63, 3.8) is 0 Å². The highest BCUT2D eigenvalue weighted by atomic mass is 35.7. The lowest BCUT2D eigenvalue weighted by Crippen LogP contribution is -2.68. The first-order valence-corrected chi connectivity index (χ1v) is 18.8. The van der Waals surface area contributed by atoms with Crippen LogP contribution < -0.4 is 27.9 Å². The van der Waals surface area contributed by atoms with E-state index in [1.54, 1.807) is 7.11 Å². The van der Waals surface area contributed by atoms with Crippen molar-refractivity contribution in [2.45, 2.75) is 25.7 Å². The van der Waals surface area contributed by atoms with Gasteiger partial charge < -0.3 is 4.74 Å². The number of hydrogen-bond donors (Lipinski definition) is 0. The molecule has 2 aliphatic carbocycles. The van der Waals surface area contributed by atoms with Crippen LogP contribution in [-0.4, -0.2) is 7.11 Å². The number of nitrogens with zero attached hydrogens (tertiary/aromatic N) is 1. The zero-order valence-electron chi connectivity index (χ0n) is 29.1. The minimum absolute atomic E-state index is 0.863. The predicted molar refractivity (Wildman–Crippen MR) is 197 cm³/mol. The highest BCUT2D eigenvalue weighted by Gasteiger charge is 2.39. The molecule has 9 rings (SSSR count). The normalized spacial score (nSPS) is 12.7. The average Bonchev–Trinajstić information content (AvgIpc) is 3.19. The summed E-state index contributed by atoms with van der Waals surface area (Å²) in [4.78, 5) is 0. The van der Waals surface area contributed by atoms with Gasteiger partial charge >= 0.3 is 0 Å². The van der Waals surface area contributed by atoms with E-state index in [4.69, 9.17) is 23.4 Å². The molecule has 0 unspecified atom stereocenters. The molecule has 2 aliphatic rings. The molecule has 0 saturated heterocycles. The SMILES string of the molecule is COc1ccc(-[n+]2c3c(c(-c4ccccc4)c4c2-c2cc(-c5ccccc5)ccc2CC4)CCc2ccc(-c4ccccc4)cc2-3)cc1.[O-][Cl+3]([O-])([O-])[O-]. The van der Waals surface area contributed by atoms with Crippen molar-refractivity contribution in [3.05, 3.63) is 174 Å². The Balaban J connectivity index is 0.000000752. The fourth-order valence-corrected chi connectivity index (χ4v) is 7.97. The molecule has 0 fully saturated rings. The van der Waals surface area contributed by atoms with E-state index < -0.39 is 10.2 Å². The second-order valence-corrected chi connectivity index (χ2v) is 14.0. The first kappa shape index (κ1) is 34.5. The van der Waals surface area contributed by atoms with Crippen LogP contribution in [-0.2, 0) is 25.7 Å². The summed E-state index contributed by atoms with van der Waals surface area (Å²) in [7, 11) is -3.21. The highest BCUT2D eigenvalue weighted by Crippen LogP contribution is 2.46. The molecule has 1 heterocycles. The zero-order chi connectivity index (χ0) is 36.5. The first-order valence-electron chi connectivity index (χ1n) is 17.6. The van der Waals surface area contributed by atoms with E-state index in [9.17, 15) is 0 Å². The molecule has 0 N–H and O–H groups in total. The van der Waals surface area contributed by atoms with E-state index >= 15 is 0 Å².